The number of nitrogens with one attached hydrogen (secondary N) is 2. The number of rotatable bonds is 6. The molecule has 1 aliphatic rings. The molecule has 1 aromatic rings. The van der Waals surface area contributed by atoms with Crippen LogP contribution in [0.15, 0.2) is 38.6 Å². The van der Waals surface area contributed by atoms with E-state index < -0.39 is 24.0 Å². The van der Waals surface area contributed by atoms with Crippen LogP contribution in [-0.2, 0) is 19.1 Å². The van der Waals surface area contributed by atoms with Crippen molar-refractivity contribution in [3.8, 4) is 0 Å². The first-order valence-corrected chi connectivity index (χ1v) is 8.27. The Morgan fingerprint density at radius 3 is 2.76 bits per heavy atom. The fraction of sp³-hybridized carbons (Fsp3) is 0.312. The summed E-state index contributed by atoms with van der Waals surface area (Å²) >= 11 is 3.15. The zero-order valence-corrected chi connectivity index (χ0v) is 15.2. The Labute approximate surface area is 152 Å². The number of esters is 2. The van der Waals surface area contributed by atoms with Crippen LogP contribution in [-0.4, -0.2) is 37.2 Å². The van der Waals surface area contributed by atoms with E-state index in [0.29, 0.717) is 10.4 Å². The van der Waals surface area contributed by atoms with Gasteiger partial charge in [0.25, 0.3) is 0 Å². The van der Waals surface area contributed by atoms with Crippen molar-refractivity contribution in [2.75, 3.05) is 13.2 Å². The first-order valence-electron chi connectivity index (χ1n) is 7.48. The normalized spacial score (nSPS) is 17.2. The number of ether oxygens (including phenoxy) is 2. The largest absolute Gasteiger partial charge is 0.463 e. The van der Waals surface area contributed by atoms with Gasteiger partial charge < -0.3 is 24.5 Å². The van der Waals surface area contributed by atoms with Crippen molar-refractivity contribution < 1.29 is 28.3 Å². The summed E-state index contributed by atoms with van der Waals surface area (Å²) in [5, 5.41) is 5.03. The van der Waals surface area contributed by atoms with Gasteiger partial charge in [0.2, 0.25) is 0 Å². The summed E-state index contributed by atoms with van der Waals surface area (Å²) in [4.78, 5) is 35.4. The highest BCUT2D eigenvalue weighted by Crippen LogP contribution is 2.16. The molecule has 0 unspecified atom stereocenters. The Hall–Kier alpha value is -2.55. The van der Waals surface area contributed by atoms with Gasteiger partial charge in [0.1, 0.15) is 12.4 Å². The number of urea groups is 1. The van der Waals surface area contributed by atoms with Gasteiger partial charge in [0, 0.05) is 6.08 Å². The lowest BCUT2D eigenvalue weighted by Gasteiger charge is -2.26. The van der Waals surface area contributed by atoms with Crippen LogP contribution >= 0.6 is 15.9 Å². The highest BCUT2D eigenvalue weighted by Gasteiger charge is 2.30. The number of carbonyl (C=O) groups is 3. The maximum Gasteiger partial charge on any atom is 0.338 e. The molecule has 25 heavy (non-hydrogen) atoms. The molecule has 0 saturated carbocycles. The molecule has 9 heteroatoms. The third kappa shape index (κ3) is 5.21. The minimum Gasteiger partial charge on any atom is -0.463 e. The lowest BCUT2D eigenvalue weighted by atomic mass is 10.0. The average molecular weight is 413 g/mol. The Balaban J connectivity index is 2.05. The Kier molecular flexibility index (Phi) is 6.40. The van der Waals surface area contributed by atoms with E-state index in [1.165, 1.54) is 12.2 Å². The van der Waals surface area contributed by atoms with Crippen molar-refractivity contribution in [1.29, 1.82) is 0 Å². The van der Waals surface area contributed by atoms with E-state index in [4.69, 9.17) is 13.9 Å². The number of amides is 2. The van der Waals surface area contributed by atoms with E-state index in [1.807, 2.05) is 0 Å². The molecule has 0 bridgehead atoms. The predicted molar refractivity (Wildman–Crippen MR) is 91.2 cm³/mol. The van der Waals surface area contributed by atoms with Crippen LogP contribution in [0.1, 0.15) is 19.6 Å². The smallest absolute Gasteiger partial charge is 0.338 e. The molecular formula is C16H17BrN2O6. The zero-order chi connectivity index (χ0) is 18.4. The number of halogens is 1. The molecule has 0 aromatic carbocycles. The quantitative estimate of drug-likeness (QED) is 0.547. The summed E-state index contributed by atoms with van der Waals surface area (Å²) in [7, 11) is 0. The van der Waals surface area contributed by atoms with E-state index in [9.17, 15) is 14.4 Å². The molecule has 2 N–H and O–H groups in total. The fourth-order valence-electron chi connectivity index (χ4n) is 2.15. The summed E-state index contributed by atoms with van der Waals surface area (Å²) in [6, 6.07) is 2.32. The second-order valence-electron chi connectivity index (χ2n) is 5.02. The Morgan fingerprint density at radius 2 is 2.12 bits per heavy atom. The van der Waals surface area contributed by atoms with Gasteiger partial charge in [-0.2, -0.15) is 0 Å². The monoisotopic (exact) mass is 412 g/mol. The van der Waals surface area contributed by atoms with Crippen LogP contribution in [0.5, 0.6) is 0 Å². The summed E-state index contributed by atoms with van der Waals surface area (Å²) in [5.41, 5.74) is 0.408. The van der Waals surface area contributed by atoms with Gasteiger partial charge in [-0.05, 0) is 48.0 Å². The molecule has 0 saturated heterocycles. The highest BCUT2D eigenvalue weighted by molar-refractivity contribution is 9.10. The molecule has 134 valence electrons. The van der Waals surface area contributed by atoms with E-state index >= 15 is 0 Å². The third-order valence-electron chi connectivity index (χ3n) is 3.20. The van der Waals surface area contributed by atoms with E-state index in [1.54, 1.807) is 26.0 Å². The van der Waals surface area contributed by atoms with Crippen LogP contribution in [0.4, 0.5) is 4.79 Å². The molecule has 0 fully saturated rings. The van der Waals surface area contributed by atoms with E-state index in [2.05, 4.69) is 26.6 Å². The topological polar surface area (TPSA) is 107 Å². The predicted octanol–water partition coefficient (Wildman–Crippen LogP) is 2.12. The van der Waals surface area contributed by atoms with Gasteiger partial charge in [-0.3, -0.25) is 0 Å². The summed E-state index contributed by atoms with van der Waals surface area (Å²) in [6.07, 6.45) is 2.62. The second-order valence-corrected chi connectivity index (χ2v) is 5.80. The molecule has 0 aliphatic carbocycles. The third-order valence-corrected chi connectivity index (χ3v) is 3.63. The average Bonchev–Trinajstić information content (AvgIpc) is 2.96. The second kappa shape index (κ2) is 8.52. The van der Waals surface area contributed by atoms with Crippen LogP contribution < -0.4 is 10.6 Å². The molecule has 0 spiro atoms. The van der Waals surface area contributed by atoms with Crippen LogP contribution in [0.3, 0.4) is 0 Å². The van der Waals surface area contributed by atoms with Gasteiger partial charge in [-0.25, -0.2) is 14.4 Å². The Bertz CT molecular complexity index is 737. The molecule has 1 aromatic heterocycles. The summed E-state index contributed by atoms with van der Waals surface area (Å²) in [6.45, 7) is 3.24. The number of hydrogen-bond donors (Lipinski definition) is 2. The first kappa shape index (κ1) is 18.8. The molecule has 1 atom stereocenters. The maximum atomic E-state index is 12.0. The van der Waals surface area contributed by atoms with Gasteiger partial charge >= 0.3 is 18.0 Å². The summed E-state index contributed by atoms with van der Waals surface area (Å²) in [5.74, 6) is -0.757. The molecule has 0 radical (unpaired) electrons. The van der Waals surface area contributed by atoms with E-state index in [-0.39, 0.29) is 24.5 Å². The fourth-order valence-corrected chi connectivity index (χ4v) is 2.47. The van der Waals surface area contributed by atoms with Gasteiger partial charge in [-0.15, -0.1) is 0 Å². The van der Waals surface area contributed by atoms with Gasteiger partial charge in [0.15, 0.2) is 4.67 Å². The standard InChI is InChI=1S/C16H17BrN2O6/c1-3-23-15(21)14-9(2)18-16(22)19-11(14)8-24-13(20)7-5-10-4-6-12(17)25-10/h4-7,9H,3,8H2,1-2H3,(H2,18,19,22)/b7-5+/t9-/m1/s1. The van der Waals surface area contributed by atoms with Crippen LogP contribution in [0.25, 0.3) is 6.08 Å². The highest BCUT2D eigenvalue weighted by atomic mass is 79.9. The van der Waals surface area contributed by atoms with Crippen molar-refractivity contribution in [2.45, 2.75) is 19.9 Å². The molecule has 2 heterocycles. The molecule has 1 aliphatic heterocycles. The lowest BCUT2D eigenvalue weighted by Crippen LogP contribution is -2.50. The van der Waals surface area contributed by atoms with Gasteiger partial charge in [-0.1, -0.05) is 0 Å². The van der Waals surface area contributed by atoms with Crippen molar-refractivity contribution >= 4 is 40.0 Å². The van der Waals surface area contributed by atoms with Crippen molar-refractivity contribution in [3.05, 3.63) is 39.9 Å². The zero-order valence-electron chi connectivity index (χ0n) is 13.6. The van der Waals surface area contributed by atoms with Crippen molar-refractivity contribution in [1.82, 2.24) is 10.6 Å². The lowest BCUT2D eigenvalue weighted by molar-refractivity contribution is -0.140. The molecule has 2 rings (SSSR count). The maximum absolute atomic E-state index is 12.0. The molecule has 8 nitrogen and oxygen atoms in total. The minimum absolute atomic E-state index is 0.192. The van der Waals surface area contributed by atoms with Crippen molar-refractivity contribution in [3.63, 3.8) is 0 Å². The molecular weight excluding hydrogens is 396 g/mol. The Morgan fingerprint density at radius 1 is 1.36 bits per heavy atom. The SMILES string of the molecule is CCOC(=O)C1=C(COC(=O)/C=C/c2ccc(Br)o2)NC(=O)N[C@@H]1C. The summed E-state index contributed by atoms with van der Waals surface area (Å²) < 4.78 is 15.8. The molecule has 2 amide bonds. The number of carbonyl (C=O) groups excluding carboxylic acids is 3. The number of furan rings is 1. The van der Waals surface area contributed by atoms with Crippen LogP contribution in [0.2, 0.25) is 0 Å². The van der Waals surface area contributed by atoms with Crippen molar-refractivity contribution in [2.24, 2.45) is 0 Å². The van der Waals surface area contributed by atoms with E-state index in [0.717, 1.165) is 0 Å². The van der Waals surface area contributed by atoms with Crippen LogP contribution in [0, 0.1) is 0 Å². The minimum atomic E-state index is -0.649. The van der Waals surface area contributed by atoms with Gasteiger partial charge in [0.05, 0.1) is 23.9 Å². The number of hydrogen-bond acceptors (Lipinski definition) is 6. The first-order chi connectivity index (χ1) is 11.9.